The van der Waals surface area contributed by atoms with Crippen molar-refractivity contribution in [1.29, 1.82) is 0 Å². The second-order valence-corrected chi connectivity index (χ2v) is 12.1. The minimum Gasteiger partial charge on any atom is -0.353 e. The third-order valence-electron chi connectivity index (χ3n) is 8.45. The van der Waals surface area contributed by atoms with Gasteiger partial charge in [0.15, 0.2) is 10.9 Å². The number of hydrogen-bond donors (Lipinski definition) is 5. The first kappa shape index (κ1) is 34.5. The van der Waals surface area contributed by atoms with Gasteiger partial charge in [-0.2, -0.15) is 0 Å². The number of benzene rings is 4. The summed E-state index contributed by atoms with van der Waals surface area (Å²) in [5.41, 5.74) is 2.60. The summed E-state index contributed by atoms with van der Waals surface area (Å²) in [5, 5.41) is 16.3. The van der Waals surface area contributed by atoms with Gasteiger partial charge in [-0.3, -0.25) is 28.8 Å². The number of rotatable bonds is 12. The number of anilines is 2. The monoisotopic (exact) mass is 687 g/mol. The van der Waals surface area contributed by atoms with Crippen LogP contribution in [0.4, 0.5) is 11.4 Å². The highest BCUT2D eigenvalue weighted by Gasteiger charge is 2.18. The van der Waals surface area contributed by atoms with E-state index < -0.39 is 0 Å². The molecule has 51 heavy (non-hydrogen) atoms. The van der Waals surface area contributed by atoms with Crippen LogP contribution in [0.25, 0.3) is 43.6 Å². The molecule has 2 heterocycles. The number of aromatic nitrogens is 2. The molecule has 4 aromatic carbocycles. The molecule has 0 aliphatic carbocycles. The van der Waals surface area contributed by atoms with Gasteiger partial charge in [-0.15, -0.1) is 0 Å². The van der Waals surface area contributed by atoms with E-state index in [1.165, 1.54) is 13.8 Å². The third-order valence-corrected chi connectivity index (χ3v) is 8.45. The van der Waals surface area contributed by atoms with E-state index >= 15 is 0 Å². The Kier molecular flexibility index (Phi) is 10.2. The maximum Gasteiger partial charge on any atom is 0.240 e. The summed E-state index contributed by atoms with van der Waals surface area (Å²) in [6.07, 6.45) is 0. The molecule has 260 valence electrons. The molecule has 0 aliphatic rings. The van der Waals surface area contributed by atoms with E-state index in [-0.39, 0.29) is 47.6 Å². The van der Waals surface area contributed by atoms with Gasteiger partial charge >= 0.3 is 0 Å². The molecule has 0 spiro atoms. The van der Waals surface area contributed by atoms with Crippen molar-refractivity contribution in [2.24, 2.45) is 0 Å². The van der Waals surface area contributed by atoms with Crippen molar-refractivity contribution in [2.75, 3.05) is 36.8 Å². The van der Waals surface area contributed by atoms with E-state index in [2.05, 4.69) is 26.6 Å². The number of para-hydroxylation sites is 4. The summed E-state index contributed by atoms with van der Waals surface area (Å²) >= 11 is 0. The number of nitrogens with one attached hydrogen (secondary N) is 5. The minimum absolute atomic E-state index is 0.0814. The third kappa shape index (κ3) is 7.33. The van der Waals surface area contributed by atoms with Crippen molar-refractivity contribution < 1.29 is 19.2 Å². The van der Waals surface area contributed by atoms with Crippen LogP contribution in [0.5, 0.6) is 0 Å². The quantitative estimate of drug-likeness (QED) is 0.0972. The summed E-state index contributed by atoms with van der Waals surface area (Å²) in [6.45, 7) is 4.08. The number of carbonyl (C=O) groups is 4. The van der Waals surface area contributed by atoms with Gasteiger partial charge in [-0.05, 0) is 48.5 Å². The number of nitrogens with zero attached hydrogens (tertiary/aromatic N) is 2. The van der Waals surface area contributed by atoms with Gasteiger partial charge in [-0.1, -0.05) is 36.4 Å². The first-order chi connectivity index (χ1) is 24.6. The molecule has 0 aliphatic heterocycles. The molecule has 0 saturated heterocycles. The van der Waals surface area contributed by atoms with Gasteiger partial charge < -0.3 is 35.7 Å². The predicted octanol–water partition coefficient (Wildman–Crippen LogP) is 3.06. The molecule has 0 fully saturated rings. The smallest absolute Gasteiger partial charge is 0.240 e. The molecule has 0 atom stereocenters. The Balaban J connectivity index is 1.06. The summed E-state index contributed by atoms with van der Waals surface area (Å²) in [4.78, 5) is 76.7. The summed E-state index contributed by atoms with van der Waals surface area (Å²) in [5.74, 6) is -1.15. The van der Waals surface area contributed by atoms with Crippen molar-refractivity contribution in [3.05, 3.63) is 105 Å². The van der Waals surface area contributed by atoms with Crippen molar-refractivity contribution in [2.45, 2.75) is 26.9 Å². The number of fused-ring (bicyclic) bond motifs is 4. The van der Waals surface area contributed by atoms with E-state index in [1.807, 2.05) is 0 Å². The van der Waals surface area contributed by atoms with Gasteiger partial charge in [0.25, 0.3) is 0 Å². The lowest BCUT2D eigenvalue weighted by molar-refractivity contribution is -0.122. The predicted molar refractivity (Wildman–Crippen MR) is 199 cm³/mol. The lowest BCUT2D eigenvalue weighted by Crippen LogP contribution is -2.38. The molecule has 5 N–H and O–H groups in total. The Labute approximate surface area is 291 Å². The largest absolute Gasteiger partial charge is 0.353 e. The van der Waals surface area contributed by atoms with Crippen LogP contribution in [0.2, 0.25) is 0 Å². The Bertz CT molecular complexity index is 2300. The fraction of sp³-hybridized carbons (Fsp3) is 0.211. The maximum atomic E-state index is 13.3. The lowest BCUT2D eigenvalue weighted by atomic mass is 10.1. The Morgan fingerprint density at radius 1 is 0.510 bits per heavy atom. The fourth-order valence-corrected chi connectivity index (χ4v) is 6.38. The van der Waals surface area contributed by atoms with Crippen molar-refractivity contribution in [3.63, 3.8) is 0 Å². The number of amides is 4. The normalized spacial score (nSPS) is 11.2. The summed E-state index contributed by atoms with van der Waals surface area (Å²) < 4.78 is 3.48. The molecule has 0 unspecified atom stereocenters. The van der Waals surface area contributed by atoms with Gasteiger partial charge in [-0.25, -0.2) is 0 Å². The van der Waals surface area contributed by atoms with Crippen molar-refractivity contribution in [1.82, 2.24) is 25.1 Å². The van der Waals surface area contributed by atoms with Crippen molar-refractivity contribution in [3.8, 4) is 0 Å². The second-order valence-electron chi connectivity index (χ2n) is 12.1. The van der Waals surface area contributed by atoms with Crippen LogP contribution in [0.1, 0.15) is 13.8 Å². The second kappa shape index (κ2) is 15.0. The zero-order valence-electron chi connectivity index (χ0n) is 28.2. The van der Waals surface area contributed by atoms with Crippen molar-refractivity contribution >= 4 is 78.6 Å². The topological polar surface area (TPSA) is 172 Å². The number of carbonyl (C=O) groups excluding carboxylic acids is 4. The van der Waals surface area contributed by atoms with E-state index in [0.717, 1.165) is 0 Å². The molecule has 6 aromatic rings. The fourth-order valence-electron chi connectivity index (χ4n) is 6.38. The standard InChI is InChI=1S/C38H37N7O6/c1-23(46)42-29-13-7-11-27-35(29)44(31-15-5-3-9-25(31)37(27)50)21-33(48)40-19-17-39-18-20-41-34(49)22-45-32-16-6-4-10-26(32)38(51)28-12-8-14-30(36(28)45)43-24(2)47/h3-16,39H,17-22H2,1-2H3,(H,40,48)(H,41,49)(H,42,46)(H,43,47). The van der Waals surface area contributed by atoms with E-state index in [4.69, 9.17) is 0 Å². The van der Waals surface area contributed by atoms with Gasteiger partial charge in [0.1, 0.15) is 13.1 Å². The molecule has 2 aromatic heterocycles. The average Bonchev–Trinajstić information content (AvgIpc) is 3.11. The van der Waals surface area contributed by atoms with Crippen LogP contribution in [0, 0.1) is 0 Å². The van der Waals surface area contributed by atoms with Gasteiger partial charge in [0, 0.05) is 61.6 Å². The lowest BCUT2D eigenvalue weighted by Gasteiger charge is -2.18. The van der Waals surface area contributed by atoms with E-state index in [9.17, 15) is 28.8 Å². The molecule has 13 nitrogen and oxygen atoms in total. The molecule has 13 heteroatoms. The molecule has 0 bridgehead atoms. The summed E-state index contributed by atoms with van der Waals surface area (Å²) in [7, 11) is 0. The van der Waals surface area contributed by atoms with Crippen LogP contribution < -0.4 is 37.4 Å². The molecule has 4 amide bonds. The Morgan fingerprint density at radius 2 is 0.902 bits per heavy atom. The average molecular weight is 688 g/mol. The molecular formula is C38H37N7O6. The van der Waals surface area contributed by atoms with Crippen LogP contribution >= 0.6 is 0 Å². The van der Waals surface area contributed by atoms with Gasteiger partial charge in [0.2, 0.25) is 23.6 Å². The zero-order valence-corrected chi connectivity index (χ0v) is 28.2. The number of hydrogen-bond acceptors (Lipinski definition) is 7. The first-order valence-corrected chi connectivity index (χ1v) is 16.5. The highest BCUT2D eigenvalue weighted by molar-refractivity contribution is 6.05. The van der Waals surface area contributed by atoms with E-state index in [1.54, 1.807) is 94.1 Å². The molecule has 0 saturated carbocycles. The first-order valence-electron chi connectivity index (χ1n) is 16.5. The van der Waals surface area contributed by atoms with Crippen LogP contribution in [-0.4, -0.2) is 58.9 Å². The Morgan fingerprint density at radius 3 is 1.31 bits per heavy atom. The van der Waals surface area contributed by atoms with E-state index in [0.29, 0.717) is 81.2 Å². The maximum absolute atomic E-state index is 13.3. The van der Waals surface area contributed by atoms with Crippen LogP contribution in [0.3, 0.4) is 0 Å². The minimum atomic E-state index is -0.295. The highest BCUT2D eigenvalue weighted by Crippen LogP contribution is 2.27. The Hall–Kier alpha value is -6.34. The molecular weight excluding hydrogens is 650 g/mol. The zero-order chi connectivity index (χ0) is 36.1. The SMILES string of the molecule is CC(=O)Nc1cccc2c(=O)c3ccccc3n(CC(=O)NCCNCCNC(=O)Cn3c4ccccc4c(=O)c4cccc(NC(C)=O)c43)c12. The van der Waals surface area contributed by atoms with Crippen LogP contribution in [-0.2, 0) is 32.3 Å². The number of pyridine rings is 2. The molecule has 0 radical (unpaired) electrons. The molecule has 6 rings (SSSR count). The van der Waals surface area contributed by atoms with Gasteiger partial charge in [0.05, 0.1) is 33.4 Å². The summed E-state index contributed by atoms with van der Waals surface area (Å²) in [6, 6.07) is 24.2. The highest BCUT2D eigenvalue weighted by atomic mass is 16.2. The van der Waals surface area contributed by atoms with Crippen LogP contribution in [0.15, 0.2) is 94.5 Å².